The molecular formula is C25H40O3Si. The van der Waals surface area contributed by atoms with Crippen LogP contribution in [0.3, 0.4) is 0 Å². The third-order valence-electron chi connectivity index (χ3n) is 7.26. The summed E-state index contributed by atoms with van der Waals surface area (Å²) < 4.78 is 4.79. The SMILES string of the molecule is CC[Si](CC)(CC)/C(=C/C1CCCCC1)CC(C)(O)c1ccc(C(=O)OC)cc1. The second-order valence-electron chi connectivity index (χ2n) is 8.95. The van der Waals surface area contributed by atoms with Crippen molar-refractivity contribution in [1.82, 2.24) is 0 Å². The zero-order chi connectivity index (χ0) is 21.5. The molecule has 0 saturated heterocycles. The molecule has 0 aromatic heterocycles. The molecule has 162 valence electrons. The van der Waals surface area contributed by atoms with Crippen LogP contribution in [0.1, 0.15) is 82.1 Å². The average molecular weight is 417 g/mol. The number of rotatable bonds is 9. The van der Waals surface area contributed by atoms with E-state index in [1.165, 1.54) is 57.3 Å². The number of hydrogen-bond donors (Lipinski definition) is 1. The minimum absolute atomic E-state index is 0.344. The Balaban J connectivity index is 2.35. The summed E-state index contributed by atoms with van der Waals surface area (Å²) >= 11 is 0. The van der Waals surface area contributed by atoms with Crippen LogP contribution in [0.15, 0.2) is 35.5 Å². The van der Waals surface area contributed by atoms with Gasteiger partial charge in [0.25, 0.3) is 0 Å². The molecule has 0 spiro atoms. The molecule has 1 fully saturated rings. The molecule has 1 saturated carbocycles. The zero-order valence-corrected chi connectivity index (χ0v) is 20.1. The zero-order valence-electron chi connectivity index (χ0n) is 19.1. The Kier molecular flexibility index (Phi) is 8.71. The van der Waals surface area contributed by atoms with Gasteiger partial charge in [0.2, 0.25) is 0 Å². The normalized spacial score (nSPS) is 18.3. The summed E-state index contributed by atoms with van der Waals surface area (Å²) in [6.07, 6.45) is 9.89. The van der Waals surface area contributed by atoms with E-state index in [1.807, 2.05) is 19.1 Å². The predicted octanol–water partition coefficient (Wildman–Crippen LogP) is 6.63. The highest BCUT2D eigenvalue weighted by Gasteiger charge is 2.36. The van der Waals surface area contributed by atoms with E-state index in [9.17, 15) is 9.90 Å². The second kappa shape index (κ2) is 10.6. The van der Waals surface area contributed by atoms with E-state index in [1.54, 1.807) is 17.3 Å². The van der Waals surface area contributed by atoms with Gasteiger partial charge in [-0.1, -0.05) is 81.6 Å². The maximum absolute atomic E-state index is 11.7. The lowest BCUT2D eigenvalue weighted by atomic mass is 9.87. The first-order valence-electron chi connectivity index (χ1n) is 11.4. The molecule has 0 amide bonds. The Labute approximate surface area is 178 Å². The number of ether oxygens (including phenoxy) is 1. The van der Waals surface area contributed by atoms with Crippen molar-refractivity contribution in [2.24, 2.45) is 5.92 Å². The van der Waals surface area contributed by atoms with E-state index in [4.69, 9.17) is 4.74 Å². The van der Waals surface area contributed by atoms with Crippen molar-refractivity contribution in [2.45, 2.75) is 90.0 Å². The first-order valence-corrected chi connectivity index (χ1v) is 14.1. The van der Waals surface area contributed by atoms with Crippen LogP contribution in [0.4, 0.5) is 0 Å². The number of esters is 1. The molecule has 2 rings (SSSR count). The lowest BCUT2D eigenvalue weighted by Gasteiger charge is -2.37. The summed E-state index contributed by atoms with van der Waals surface area (Å²) in [4.78, 5) is 11.7. The Bertz CT molecular complexity index is 672. The summed E-state index contributed by atoms with van der Waals surface area (Å²) in [5.74, 6) is 0.330. The first kappa shape index (κ1) is 23.9. The highest BCUT2D eigenvalue weighted by molar-refractivity contribution is 6.86. The van der Waals surface area contributed by atoms with Crippen LogP contribution in [-0.2, 0) is 10.3 Å². The summed E-state index contributed by atoms with van der Waals surface area (Å²) in [6.45, 7) is 8.95. The van der Waals surface area contributed by atoms with Gasteiger partial charge in [0.15, 0.2) is 0 Å². The Morgan fingerprint density at radius 2 is 1.66 bits per heavy atom. The van der Waals surface area contributed by atoms with E-state index < -0.39 is 13.7 Å². The number of hydrogen-bond acceptors (Lipinski definition) is 3. The minimum Gasteiger partial charge on any atom is -0.465 e. The van der Waals surface area contributed by atoms with Gasteiger partial charge >= 0.3 is 5.97 Å². The molecule has 1 unspecified atom stereocenters. The van der Waals surface area contributed by atoms with Gasteiger partial charge in [-0.25, -0.2) is 4.79 Å². The standard InChI is InChI=1S/C25H40O3Si/c1-6-29(7-2,8-3)23(18-20-12-10-9-11-13-20)19-25(4,27)22-16-14-21(15-17-22)24(26)28-5/h14-18,20,27H,6-13,19H2,1-5H3/b23-18+. The van der Waals surface area contributed by atoms with Gasteiger partial charge in [0.05, 0.1) is 26.3 Å². The van der Waals surface area contributed by atoms with Crippen molar-refractivity contribution in [3.05, 3.63) is 46.7 Å². The van der Waals surface area contributed by atoms with Crippen molar-refractivity contribution in [3.63, 3.8) is 0 Å². The molecule has 1 N–H and O–H groups in total. The highest BCUT2D eigenvalue weighted by atomic mass is 28.3. The number of carbonyl (C=O) groups excluding carboxylic acids is 1. The van der Waals surface area contributed by atoms with Gasteiger partial charge in [-0.2, -0.15) is 0 Å². The fraction of sp³-hybridized carbons (Fsp3) is 0.640. The molecule has 0 bridgehead atoms. The number of carbonyl (C=O) groups is 1. The lowest BCUT2D eigenvalue weighted by Crippen LogP contribution is -2.38. The highest BCUT2D eigenvalue weighted by Crippen LogP contribution is 2.39. The van der Waals surface area contributed by atoms with E-state index >= 15 is 0 Å². The van der Waals surface area contributed by atoms with Crippen molar-refractivity contribution in [1.29, 1.82) is 0 Å². The van der Waals surface area contributed by atoms with Gasteiger partial charge in [0.1, 0.15) is 0 Å². The molecule has 0 radical (unpaired) electrons. The van der Waals surface area contributed by atoms with Crippen LogP contribution in [0.25, 0.3) is 0 Å². The van der Waals surface area contributed by atoms with Crippen molar-refractivity contribution < 1.29 is 14.6 Å². The fourth-order valence-electron chi connectivity index (χ4n) is 5.00. The molecule has 1 atom stereocenters. The summed E-state index contributed by atoms with van der Waals surface area (Å²) in [5.41, 5.74) is 0.447. The summed E-state index contributed by atoms with van der Waals surface area (Å²) in [7, 11) is -0.193. The topological polar surface area (TPSA) is 46.5 Å². The van der Waals surface area contributed by atoms with Crippen molar-refractivity contribution in [2.75, 3.05) is 7.11 Å². The molecule has 0 aliphatic heterocycles. The molecule has 1 aromatic carbocycles. The average Bonchev–Trinajstić information content (AvgIpc) is 2.75. The minimum atomic E-state index is -1.58. The third kappa shape index (κ3) is 5.82. The second-order valence-corrected chi connectivity index (χ2v) is 14.3. The Morgan fingerprint density at radius 3 is 2.14 bits per heavy atom. The largest absolute Gasteiger partial charge is 0.465 e. The van der Waals surface area contributed by atoms with Crippen LogP contribution in [0.5, 0.6) is 0 Å². The van der Waals surface area contributed by atoms with Gasteiger partial charge in [-0.05, 0) is 49.8 Å². The van der Waals surface area contributed by atoms with Crippen LogP contribution >= 0.6 is 0 Å². The number of aliphatic hydroxyl groups is 1. The van der Waals surface area contributed by atoms with Crippen LogP contribution in [-0.4, -0.2) is 26.3 Å². The monoisotopic (exact) mass is 416 g/mol. The van der Waals surface area contributed by atoms with E-state index in [0.29, 0.717) is 17.9 Å². The summed E-state index contributed by atoms with van der Waals surface area (Å²) in [6, 6.07) is 10.9. The van der Waals surface area contributed by atoms with E-state index in [-0.39, 0.29) is 5.97 Å². The van der Waals surface area contributed by atoms with E-state index in [0.717, 1.165) is 5.56 Å². The first-order chi connectivity index (χ1) is 13.8. The smallest absolute Gasteiger partial charge is 0.337 e. The van der Waals surface area contributed by atoms with Crippen molar-refractivity contribution >= 4 is 14.0 Å². The molecule has 4 heteroatoms. The van der Waals surface area contributed by atoms with Gasteiger partial charge in [-0.15, -0.1) is 0 Å². The van der Waals surface area contributed by atoms with Gasteiger partial charge in [0, 0.05) is 0 Å². The van der Waals surface area contributed by atoms with Crippen molar-refractivity contribution in [3.8, 4) is 0 Å². The third-order valence-corrected chi connectivity index (χ3v) is 13.0. The molecular weight excluding hydrogens is 376 g/mol. The molecule has 1 aliphatic carbocycles. The van der Waals surface area contributed by atoms with Crippen LogP contribution < -0.4 is 0 Å². The maximum Gasteiger partial charge on any atom is 0.337 e. The van der Waals surface area contributed by atoms with Gasteiger partial charge < -0.3 is 9.84 Å². The predicted molar refractivity (Wildman–Crippen MR) is 124 cm³/mol. The molecule has 3 nitrogen and oxygen atoms in total. The maximum atomic E-state index is 11.7. The Hall–Kier alpha value is -1.39. The van der Waals surface area contributed by atoms with Gasteiger partial charge in [-0.3, -0.25) is 0 Å². The lowest BCUT2D eigenvalue weighted by molar-refractivity contribution is 0.0573. The quantitative estimate of drug-likeness (QED) is 0.363. The summed E-state index contributed by atoms with van der Waals surface area (Å²) in [5, 5.41) is 13.0. The number of methoxy groups -OCH3 is 1. The molecule has 1 aliphatic rings. The molecule has 1 aromatic rings. The molecule has 29 heavy (non-hydrogen) atoms. The van der Waals surface area contributed by atoms with Crippen LogP contribution in [0, 0.1) is 5.92 Å². The Morgan fingerprint density at radius 1 is 1.10 bits per heavy atom. The number of allylic oxidation sites excluding steroid dienone is 1. The van der Waals surface area contributed by atoms with E-state index in [2.05, 4.69) is 26.8 Å². The van der Waals surface area contributed by atoms with Crippen LogP contribution in [0.2, 0.25) is 18.1 Å². The number of benzene rings is 1. The molecule has 0 heterocycles. The fourth-order valence-corrected chi connectivity index (χ4v) is 9.17.